The quantitative estimate of drug-likeness (QED) is 0.442. The lowest BCUT2D eigenvalue weighted by Crippen LogP contribution is -2.31. The Morgan fingerprint density at radius 3 is 2.13 bits per heavy atom. The summed E-state index contributed by atoms with van der Waals surface area (Å²) in [6, 6.07) is 24.9. The third-order valence-electron chi connectivity index (χ3n) is 4.81. The summed E-state index contributed by atoms with van der Waals surface area (Å²) in [6.45, 7) is 0.993. The van der Waals surface area contributed by atoms with Gasteiger partial charge >= 0.3 is 0 Å². The second-order valence-corrected chi connectivity index (χ2v) is 7.35. The van der Waals surface area contributed by atoms with E-state index in [0.717, 1.165) is 16.6 Å². The minimum Gasteiger partial charge on any atom is -0.491 e. The zero-order valence-electron chi connectivity index (χ0n) is 16.2. The second-order valence-electron chi connectivity index (χ2n) is 6.91. The number of halogens is 2. The molecule has 4 rings (SSSR count). The van der Waals surface area contributed by atoms with E-state index in [0.29, 0.717) is 22.9 Å². The van der Waals surface area contributed by atoms with Crippen LogP contribution in [-0.4, -0.2) is 27.0 Å². The topological polar surface area (TPSA) is 63.2 Å². The van der Waals surface area contributed by atoms with Crippen molar-refractivity contribution < 1.29 is 9.84 Å². The lowest BCUT2D eigenvalue weighted by atomic mass is 10.2. The van der Waals surface area contributed by atoms with E-state index < -0.39 is 6.10 Å². The van der Waals surface area contributed by atoms with Crippen LogP contribution in [0.25, 0.3) is 11.0 Å². The Bertz CT molecular complexity index is 1150. The summed E-state index contributed by atoms with van der Waals surface area (Å²) in [5, 5.41) is 19.9. The van der Waals surface area contributed by atoms with E-state index in [-0.39, 0.29) is 25.6 Å². The van der Waals surface area contributed by atoms with Crippen molar-refractivity contribution >= 4 is 35.0 Å². The summed E-state index contributed by atoms with van der Waals surface area (Å²) in [5.74, 6) is 0.716. The molecule has 1 atom stereocenters. The zero-order chi connectivity index (χ0) is 20.2. The van der Waals surface area contributed by atoms with Crippen molar-refractivity contribution in [1.82, 2.24) is 9.13 Å². The summed E-state index contributed by atoms with van der Waals surface area (Å²) in [5.41, 5.74) is 3.25. The van der Waals surface area contributed by atoms with E-state index in [1.54, 1.807) is 0 Å². The van der Waals surface area contributed by atoms with Crippen molar-refractivity contribution in [2.24, 2.45) is 0 Å². The van der Waals surface area contributed by atoms with Crippen molar-refractivity contribution in [1.29, 1.82) is 5.41 Å². The molecule has 0 fully saturated rings. The maximum Gasteiger partial charge on any atom is 0.203 e. The van der Waals surface area contributed by atoms with Crippen LogP contribution in [0.15, 0.2) is 78.9 Å². The van der Waals surface area contributed by atoms with Gasteiger partial charge in [0.2, 0.25) is 5.62 Å². The number of para-hydroxylation sites is 3. The molecule has 0 amide bonds. The number of rotatable bonds is 7. The maximum atomic E-state index is 10.5. The molecule has 4 aromatic rings. The highest BCUT2D eigenvalue weighted by molar-refractivity contribution is 6.30. The Morgan fingerprint density at radius 2 is 1.47 bits per heavy atom. The van der Waals surface area contributed by atoms with Gasteiger partial charge < -0.3 is 19.0 Å². The lowest BCUT2D eigenvalue weighted by Gasteiger charge is -2.13. The van der Waals surface area contributed by atoms with Crippen LogP contribution >= 0.6 is 24.0 Å². The number of fused-ring (bicyclic) bond motifs is 1. The summed E-state index contributed by atoms with van der Waals surface area (Å²) in [4.78, 5) is 0. The Balaban J connectivity index is 0.00000256. The average Bonchev–Trinajstić information content (AvgIpc) is 3.00. The normalized spacial score (nSPS) is 11.8. The maximum absolute atomic E-state index is 10.5. The first-order valence-electron chi connectivity index (χ1n) is 9.45. The first-order chi connectivity index (χ1) is 14.1. The van der Waals surface area contributed by atoms with Crippen molar-refractivity contribution in [3.05, 3.63) is 95.1 Å². The average molecular weight is 444 g/mol. The molecule has 0 saturated carbocycles. The number of hydrogen-bond acceptors (Lipinski definition) is 3. The summed E-state index contributed by atoms with van der Waals surface area (Å²) < 4.78 is 9.42. The molecule has 30 heavy (non-hydrogen) atoms. The predicted octanol–water partition coefficient (Wildman–Crippen LogP) is 4.49. The predicted molar refractivity (Wildman–Crippen MR) is 122 cm³/mol. The molecule has 3 aromatic carbocycles. The number of hydrogen-bond donors (Lipinski definition) is 2. The van der Waals surface area contributed by atoms with Gasteiger partial charge in [0.1, 0.15) is 18.5 Å². The van der Waals surface area contributed by atoms with Gasteiger partial charge in [0, 0.05) is 5.02 Å². The van der Waals surface area contributed by atoms with Gasteiger partial charge in [-0.2, -0.15) is 0 Å². The van der Waals surface area contributed by atoms with Gasteiger partial charge in [-0.05, 0) is 42.0 Å². The molecule has 0 saturated heterocycles. The van der Waals surface area contributed by atoms with Crippen molar-refractivity contribution in [2.75, 3.05) is 6.61 Å². The first kappa shape index (κ1) is 22.0. The SMILES string of the molecule is Cl.N=c1n(Cc2ccc(Cl)cc2)c2ccccc2n1CC(O)COc1ccccc1. The molecular formula is C23H23Cl2N3O2. The number of aromatic nitrogens is 2. The number of ether oxygens (including phenoxy) is 1. The van der Waals surface area contributed by atoms with E-state index in [1.807, 2.05) is 88.0 Å². The smallest absolute Gasteiger partial charge is 0.203 e. The minimum atomic E-state index is -0.737. The molecule has 156 valence electrons. The fourth-order valence-electron chi connectivity index (χ4n) is 3.38. The fraction of sp³-hybridized carbons (Fsp3) is 0.174. The van der Waals surface area contributed by atoms with Gasteiger partial charge in [-0.25, -0.2) is 0 Å². The van der Waals surface area contributed by atoms with Crippen molar-refractivity contribution in [3.63, 3.8) is 0 Å². The van der Waals surface area contributed by atoms with Gasteiger partial charge in [-0.1, -0.05) is 54.1 Å². The number of imidazole rings is 1. The molecule has 1 aromatic heterocycles. The van der Waals surface area contributed by atoms with Crippen molar-refractivity contribution in [3.8, 4) is 5.75 Å². The minimum absolute atomic E-state index is 0. The highest BCUT2D eigenvalue weighted by Gasteiger charge is 2.15. The van der Waals surface area contributed by atoms with E-state index >= 15 is 0 Å². The number of aliphatic hydroxyl groups is 1. The molecule has 0 aliphatic carbocycles. The lowest BCUT2D eigenvalue weighted by molar-refractivity contribution is 0.0921. The van der Waals surface area contributed by atoms with E-state index in [2.05, 4.69) is 0 Å². The highest BCUT2D eigenvalue weighted by Crippen LogP contribution is 2.17. The number of nitrogens with one attached hydrogen (secondary N) is 1. The Labute approximate surface area is 186 Å². The van der Waals surface area contributed by atoms with Crippen LogP contribution < -0.4 is 10.4 Å². The largest absolute Gasteiger partial charge is 0.491 e. The zero-order valence-corrected chi connectivity index (χ0v) is 17.8. The molecule has 0 aliphatic heterocycles. The van der Waals surface area contributed by atoms with Crippen LogP contribution in [0.4, 0.5) is 0 Å². The summed E-state index contributed by atoms with van der Waals surface area (Å²) in [7, 11) is 0. The molecule has 7 heteroatoms. The molecule has 0 aliphatic rings. The number of aliphatic hydroxyl groups excluding tert-OH is 1. The molecule has 0 bridgehead atoms. The first-order valence-corrected chi connectivity index (χ1v) is 9.82. The van der Waals surface area contributed by atoms with Crippen LogP contribution in [0.3, 0.4) is 0 Å². The van der Waals surface area contributed by atoms with Crippen LogP contribution in [-0.2, 0) is 13.1 Å². The third kappa shape index (κ3) is 4.87. The Morgan fingerprint density at radius 1 is 0.867 bits per heavy atom. The van der Waals surface area contributed by atoms with Crippen molar-refractivity contribution in [2.45, 2.75) is 19.2 Å². The van der Waals surface area contributed by atoms with Crippen LogP contribution in [0.2, 0.25) is 5.02 Å². The molecule has 5 nitrogen and oxygen atoms in total. The molecule has 2 N–H and O–H groups in total. The Kier molecular flexibility index (Phi) is 7.21. The fourth-order valence-corrected chi connectivity index (χ4v) is 3.51. The van der Waals surface area contributed by atoms with Crippen LogP contribution in [0.1, 0.15) is 5.56 Å². The molecule has 0 spiro atoms. The van der Waals surface area contributed by atoms with E-state index in [9.17, 15) is 5.11 Å². The van der Waals surface area contributed by atoms with Gasteiger partial charge in [0.05, 0.1) is 24.1 Å². The van der Waals surface area contributed by atoms with E-state index in [1.165, 1.54) is 0 Å². The molecular weight excluding hydrogens is 421 g/mol. The van der Waals surface area contributed by atoms with Gasteiger partial charge in [-0.15, -0.1) is 12.4 Å². The second kappa shape index (κ2) is 9.85. The number of nitrogens with zero attached hydrogens (tertiary/aromatic N) is 2. The molecule has 0 radical (unpaired) electrons. The van der Waals surface area contributed by atoms with Crippen LogP contribution in [0.5, 0.6) is 5.75 Å². The Hall–Kier alpha value is -2.73. The summed E-state index contributed by atoms with van der Waals surface area (Å²) >= 11 is 5.99. The van der Waals surface area contributed by atoms with Gasteiger partial charge in [0.25, 0.3) is 0 Å². The monoisotopic (exact) mass is 443 g/mol. The standard InChI is InChI=1S/C23H22ClN3O2.ClH/c24-18-12-10-17(11-13-18)14-26-21-8-4-5-9-22(21)27(23(26)25)15-19(28)16-29-20-6-2-1-3-7-20;/h1-13,19,25,28H,14-16H2;1H. The van der Waals surface area contributed by atoms with Gasteiger partial charge in [-0.3, -0.25) is 5.41 Å². The molecule has 1 heterocycles. The summed E-state index contributed by atoms with van der Waals surface area (Å²) in [6.07, 6.45) is -0.737. The highest BCUT2D eigenvalue weighted by atomic mass is 35.5. The van der Waals surface area contributed by atoms with Gasteiger partial charge in [0.15, 0.2) is 0 Å². The van der Waals surface area contributed by atoms with Crippen LogP contribution in [0, 0.1) is 5.41 Å². The number of benzene rings is 3. The van der Waals surface area contributed by atoms with E-state index in [4.69, 9.17) is 21.7 Å². The molecule has 1 unspecified atom stereocenters. The third-order valence-corrected chi connectivity index (χ3v) is 5.06.